The van der Waals surface area contributed by atoms with Gasteiger partial charge in [0, 0.05) is 19.3 Å². The Morgan fingerprint density at radius 2 is 0.450 bits per heavy atom. The molecule has 0 aromatic carbocycles. The summed E-state index contributed by atoms with van der Waals surface area (Å²) in [6.45, 7) is 6.62. The number of carbonyl (C=O) groups excluding carboxylic acids is 3. The zero-order valence-corrected chi connectivity index (χ0v) is 53.3. The molecule has 0 aliphatic rings. The second-order valence-corrected chi connectivity index (χ2v) is 23.4. The Bertz CT molecular complexity index is 1470. The van der Waals surface area contributed by atoms with Crippen LogP contribution >= 0.6 is 0 Å². The SMILES string of the molecule is CCCCC/C=C\C/C=C\CCCCCCCCCCCC(=O)OC(COC(=O)CCCCCCC/C=C\C/C=C\CCCCCC)COC(=O)CCCCCCCCCCCCCCCCC/C=C\C/C=C\CCCCCCC. The largest absolute Gasteiger partial charge is 0.462 e. The molecule has 0 N–H and O–H groups in total. The maximum absolute atomic E-state index is 12.9. The van der Waals surface area contributed by atoms with E-state index in [9.17, 15) is 14.4 Å². The lowest BCUT2D eigenvalue weighted by molar-refractivity contribution is -0.167. The first-order valence-electron chi connectivity index (χ1n) is 34.9. The molecule has 0 aromatic heterocycles. The Labute approximate surface area is 497 Å². The third kappa shape index (κ3) is 65.7. The van der Waals surface area contributed by atoms with E-state index < -0.39 is 6.10 Å². The summed E-state index contributed by atoms with van der Waals surface area (Å²) >= 11 is 0. The number of hydrogen-bond donors (Lipinski definition) is 0. The molecular formula is C74H132O6. The van der Waals surface area contributed by atoms with E-state index in [2.05, 4.69) is 93.7 Å². The van der Waals surface area contributed by atoms with E-state index in [1.807, 2.05) is 0 Å². The van der Waals surface area contributed by atoms with Gasteiger partial charge in [-0.05, 0) is 116 Å². The molecule has 0 heterocycles. The van der Waals surface area contributed by atoms with E-state index in [4.69, 9.17) is 14.2 Å². The van der Waals surface area contributed by atoms with Crippen LogP contribution in [0, 0.1) is 0 Å². The highest BCUT2D eigenvalue weighted by Gasteiger charge is 2.19. The maximum atomic E-state index is 12.9. The molecule has 0 saturated heterocycles. The van der Waals surface area contributed by atoms with Crippen molar-refractivity contribution in [2.24, 2.45) is 0 Å². The summed E-state index contributed by atoms with van der Waals surface area (Å²) in [4.78, 5) is 38.4. The summed E-state index contributed by atoms with van der Waals surface area (Å²) in [5.41, 5.74) is 0. The molecule has 0 amide bonds. The van der Waals surface area contributed by atoms with Gasteiger partial charge < -0.3 is 14.2 Å². The van der Waals surface area contributed by atoms with Crippen LogP contribution in [-0.4, -0.2) is 37.2 Å². The number of hydrogen-bond acceptors (Lipinski definition) is 6. The van der Waals surface area contributed by atoms with Crippen molar-refractivity contribution >= 4 is 17.9 Å². The molecule has 80 heavy (non-hydrogen) atoms. The fourth-order valence-electron chi connectivity index (χ4n) is 10.1. The predicted molar refractivity (Wildman–Crippen MR) is 348 cm³/mol. The molecule has 0 aliphatic carbocycles. The molecule has 6 heteroatoms. The van der Waals surface area contributed by atoms with Crippen LogP contribution in [0.15, 0.2) is 72.9 Å². The van der Waals surface area contributed by atoms with Crippen molar-refractivity contribution in [1.29, 1.82) is 0 Å². The summed E-state index contributed by atoms with van der Waals surface area (Å²) in [6, 6.07) is 0. The second-order valence-electron chi connectivity index (χ2n) is 23.4. The highest BCUT2D eigenvalue weighted by Crippen LogP contribution is 2.17. The average Bonchev–Trinajstić information content (AvgIpc) is 3.46. The van der Waals surface area contributed by atoms with Gasteiger partial charge >= 0.3 is 17.9 Å². The lowest BCUT2D eigenvalue weighted by Gasteiger charge is -2.18. The van der Waals surface area contributed by atoms with Crippen molar-refractivity contribution in [3.8, 4) is 0 Å². The second kappa shape index (κ2) is 68.3. The summed E-state index contributed by atoms with van der Waals surface area (Å²) in [7, 11) is 0. The lowest BCUT2D eigenvalue weighted by atomic mass is 10.0. The van der Waals surface area contributed by atoms with Crippen LogP contribution in [-0.2, 0) is 28.6 Å². The normalized spacial score (nSPS) is 12.5. The molecule has 6 nitrogen and oxygen atoms in total. The average molecular weight is 1120 g/mol. The van der Waals surface area contributed by atoms with Crippen molar-refractivity contribution in [2.75, 3.05) is 13.2 Å². The fraction of sp³-hybridized carbons (Fsp3) is 0.797. The third-order valence-corrected chi connectivity index (χ3v) is 15.4. The topological polar surface area (TPSA) is 78.9 Å². The minimum atomic E-state index is -0.785. The Kier molecular flexibility index (Phi) is 65.7. The molecule has 1 unspecified atom stereocenters. The van der Waals surface area contributed by atoms with Crippen LogP contribution in [0.1, 0.15) is 361 Å². The first kappa shape index (κ1) is 76.9. The predicted octanol–water partition coefficient (Wildman–Crippen LogP) is 24.1. The molecule has 1 atom stereocenters. The monoisotopic (exact) mass is 1120 g/mol. The Balaban J connectivity index is 4.30. The van der Waals surface area contributed by atoms with Crippen LogP contribution < -0.4 is 0 Å². The standard InChI is InChI=1S/C74H132O6/c1-4-7-10-13-16-19-22-25-28-31-33-34-35-36-37-38-39-40-42-43-46-49-52-55-58-61-64-67-73(76)79-70-71(69-78-72(75)66-63-60-57-54-51-48-45-30-27-24-21-18-15-12-9-6-3)80-74(77)68-65-62-59-56-53-50-47-44-41-32-29-26-23-20-17-14-11-8-5-2/h17,20-22,24-26,29-31,33,45,71H,4-16,18-19,23,27-28,32,34-44,46-70H2,1-3H3/b20-17-,24-21-,25-22-,29-26-,33-31-,45-30-. The van der Waals surface area contributed by atoms with Gasteiger partial charge in [0.2, 0.25) is 0 Å². The van der Waals surface area contributed by atoms with Crippen molar-refractivity contribution in [2.45, 2.75) is 367 Å². The van der Waals surface area contributed by atoms with E-state index in [0.29, 0.717) is 19.3 Å². The Morgan fingerprint density at radius 3 is 0.725 bits per heavy atom. The smallest absolute Gasteiger partial charge is 0.306 e. The van der Waals surface area contributed by atoms with E-state index >= 15 is 0 Å². The van der Waals surface area contributed by atoms with Crippen LogP contribution in [0.2, 0.25) is 0 Å². The molecule has 0 spiro atoms. The minimum Gasteiger partial charge on any atom is -0.462 e. The molecule has 0 bridgehead atoms. The minimum absolute atomic E-state index is 0.0793. The summed E-state index contributed by atoms with van der Waals surface area (Å²) in [6.07, 6.45) is 89.2. The summed E-state index contributed by atoms with van der Waals surface area (Å²) in [5.74, 6) is -0.879. The van der Waals surface area contributed by atoms with Gasteiger partial charge in [-0.3, -0.25) is 14.4 Å². The van der Waals surface area contributed by atoms with Crippen LogP contribution in [0.5, 0.6) is 0 Å². The van der Waals surface area contributed by atoms with Gasteiger partial charge in [-0.15, -0.1) is 0 Å². The van der Waals surface area contributed by atoms with Crippen molar-refractivity contribution < 1.29 is 28.6 Å². The first-order valence-corrected chi connectivity index (χ1v) is 34.9. The number of rotatable bonds is 64. The molecular weight excluding hydrogens is 985 g/mol. The van der Waals surface area contributed by atoms with Gasteiger partial charge in [-0.1, -0.05) is 299 Å². The van der Waals surface area contributed by atoms with Gasteiger partial charge in [0.05, 0.1) is 0 Å². The number of unbranched alkanes of at least 4 members (excludes halogenated alkanes) is 41. The number of allylic oxidation sites excluding steroid dienone is 12. The van der Waals surface area contributed by atoms with Crippen LogP contribution in [0.3, 0.4) is 0 Å². The van der Waals surface area contributed by atoms with Gasteiger partial charge in [-0.2, -0.15) is 0 Å². The lowest BCUT2D eigenvalue weighted by Crippen LogP contribution is -2.30. The van der Waals surface area contributed by atoms with Crippen LogP contribution in [0.25, 0.3) is 0 Å². The van der Waals surface area contributed by atoms with E-state index in [0.717, 1.165) is 89.9 Å². The maximum Gasteiger partial charge on any atom is 0.306 e. The summed E-state index contributed by atoms with van der Waals surface area (Å²) < 4.78 is 17.0. The molecule has 0 rings (SSSR count). The van der Waals surface area contributed by atoms with E-state index in [-0.39, 0.29) is 31.1 Å². The zero-order valence-electron chi connectivity index (χ0n) is 53.3. The van der Waals surface area contributed by atoms with Gasteiger partial charge in [0.1, 0.15) is 13.2 Å². The van der Waals surface area contributed by atoms with Crippen molar-refractivity contribution in [3.05, 3.63) is 72.9 Å². The highest BCUT2D eigenvalue weighted by atomic mass is 16.6. The Morgan fingerprint density at radius 1 is 0.250 bits per heavy atom. The van der Waals surface area contributed by atoms with Gasteiger partial charge in [0.25, 0.3) is 0 Å². The third-order valence-electron chi connectivity index (χ3n) is 15.4. The molecule has 0 aromatic rings. The number of ether oxygens (including phenoxy) is 3. The fourth-order valence-corrected chi connectivity index (χ4v) is 10.1. The molecule has 0 fully saturated rings. The van der Waals surface area contributed by atoms with E-state index in [1.165, 1.54) is 231 Å². The quantitative estimate of drug-likeness (QED) is 0.0261. The molecule has 464 valence electrons. The molecule has 0 saturated carbocycles. The van der Waals surface area contributed by atoms with Crippen LogP contribution in [0.4, 0.5) is 0 Å². The Hall–Kier alpha value is -3.15. The number of esters is 3. The molecule has 0 aliphatic heterocycles. The zero-order chi connectivity index (χ0) is 57.8. The van der Waals surface area contributed by atoms with Crippen molar-refractivity contribution in [3.63, 3.8) is 0 Å². The van der Waals surface area contributed by atoms with Gasteiger partial charge in [-0.25, -0.2) is 0 Å². The van der Waals surface area contributed by atoms with E-state index in [1.54, 1.807) is 0 Å². The summed E-state index contributed by atoms with van der Waals surface area (Å²) in [5, 5.41) is 0. The van der Waals surface area contributed by atoms with Crippen molar-refractivity contribution in [1.82, 2.24) is 0 Å². The first-order chi connectivity index (χ1) is 39.5. The highest BCUT2D eigenvalue weighted by molar-refractivity contribution is 5.71. The molecule has 0 radical (unpaired) electrons. The number of carbonyl (C=O) groups is 3. The van der Waals surface area contributed by atoms with Gasteiger partial charge in [0.15, 0.2) is 6.10 Å².